The summed E-state index contributed by atoms with van der Waals surface area (Å²) >= 11 is 5.74. The zero-order valence-corrected chi connectivity index (χ0v) is 11.6. The minimum Gasteiger partial charge on any atom is -0.439 e. The lowest BCUT2D eigenvalue weighted by Crippen LogP contribution is -2.30. The number of hydrogen-bond acceptors (Lipinski definition) is 4. The molecule has 1 aromatic carbocycles. The van der Waals surface area contributed by atoms with Crippen molar-refractivity contribution >= 4 is 28.9 Å². The molecule has 0 spiro atoms. The number of carbonyl (C=O) groups is 1. The van der Waals surface area contributed by atoms with E-state index in [1.807, 2.05) is 0 Å². The zero-order chi connectivity index (χ0) is 16.3. The molecule has 0 atom stereocenters. The molecule has 0 aliphatic rings. The van der Waals surface area contributed by atoms with Gasteiger partial charge in [0.1, 0.15) is 5.75 Å². The summed E-state index contributed by atoms with van der Waals surface area (Å²) in [4.78, 5) is 14.8. The van der Waals surface area contributed by atoms with Crippen molar-refractivity contribution in [2.24, 2.45) is 0 Å². The van der Waals surface area contributed by atoms with Crippen LogP contribution in [0.5, 0.6) is 11.6 Å². The van der Waals surface area contributed by atoms with Crippen LogP contribution in [-0.2, 0) is 4.79 Å². The van der Waals surface area contributed by atoms with Crippen LogP contribution in [-0.4, -0.2) is 17.1 Å². The van der Waals surface area contributed by atoms with Crippen LogP contribution in [0.4, 0.5) is 24.5 Å². The Labute approximate surface area is 127 Å². The Balaban J connectivity index is 2.19. The molecule has 22 heavy (non-hydrogen) atoms. The number of nitrogens with two attached hydrogens (primary N) is 1. The molecule has 0 saturated heterocycles. The molecule has 116 valence electrons. The van der Waals surface area contributed by atoms with E-state index in [1.165, 1.54) is 24.4 Å². The molecule has 0 aliphatic heterocycles. The van der Waals surface area contributed by atoms with Crippen LogP contribution in [0.1, 0.15) is 0 Å². The van der Waals surface area contributed by atoms with Crippen molar-refractivity contribution < 1.29 is 22.7 Å². The van der Waals surface area contributed by atoms with E-state index in [4.69, 9.17) is 22.1 Å². The second kappa shape index (κ2) is 6.10. The van der Waals surface area contributed by atoms with Gasteiger partial charge in [-0.1, -0.05) is 11.6 Å². The van der Waals surface area contributed by atoms with Crippen molar-refractivity contribution in [2.45, 2.75) is 6.18 Å². The number of pyridine rings is 1. The fourth-order valence-electron chi connectivity index (χ4n) is 1.43. The second-order valence-corrected chi connectivity index (χ2v) is 4.53. The summed E-state index contributed by atoms with van der Waals surface area (Å²) in [5.74, 6) is -1.79. The minimum atomic E-state index is -5.02. The third-order valence-corrected chi connectivity index (χ3v) is 2.75. The van der Waals surface area contributed by atoms with Gasteiger partial charge in [0, 0.05) is 12.1 Å². The number of aromatic nitrogens is 1. The highest BCUT2D eigenvalue weighted by molar-refractivity contribution is 6.33. The number of hydrogen-bond donors (Lipinski definition) is 2. The number of amides is 1. The highest BCUT2D eigenvalue weighted by Crippen LogP contribution is 2.30. The van der Waals surface area contributed by atoms with Crippen LogP contribution >= 0.6 is 11.6 Å². The second-order valence-electron chi connectivity index (χ2n) is 4.13. The highest BCUT2D eigenvalue weighted by atomic mass is 35.5. The molecule has 2 rings (SSSR count). The molecule has 9 heteroatoms. The lowest BCUT2D eigenvalue weighted by atomic mass is 10.3. The first-order valence-corrected chi connectivity index (χ1v) is 6.20. The molecule has 1 aromatic heterocycles. The summed E-state index contributed by atoms with van der Waals surface area (Å²) < 4.78 is 42.1. The summed E-state index contributed by atoms with van der Waals surface area (Å²) in [7, 11) is 0. The number of nitrogen functional groups attached to an aromatic ring is 1. The number of anilines is 2. The molecule has 3 N–H and O–H groups in total. The van der Waals surface area contributed by atoms with Crippen LogP contribution in [0.2, 0.25) is 5.02 Å². The number of halogens is 4. The van der Waals surface area contributed by atoms with Crippen molar-refractivity contribution in [3.63, 3.8) is 0 Å². The molecule has 2 aromatic rings. The van der Waals surface area contributed by atoms with E-state index in [9.17, 15) is 18.0 Å². The molecule has 0 aliphatic carbocycles. The van der Waals surface area contributed by atoms with Gasteiger partial charge in [-0.25, -0.2) is 4.98 Å². The maximum Gasteiger partial charge on any atom is 0.471 e. The van der Waals surface area contributed by atoms with Crippen molar-refractivity contribution in [2.75, 3.05) is 11.1 Å². The molecule has 1 heterocycles. The maximum atomic E-state index is 12.2. The fraction of sp³-hybridized carbons (Fsp3) is 0.0769. The normalized spacial score (nSPS) is 11.1. The number of ether oxygens (including phenoxy) is 1. The summed E-state index contributed by atoms with van der Waals surface area (Å²) in [6.07, 6.45) is -3.66. The molecular weight excluding hydrogens is 323 g/mol. The van der Waals surface area contributed by atoms with Gasteiger partial charge in [-0.15, -0.1) is 0 Å². The summed E-state index contributed by atoms with van der Waals surface area (Å²) in [6.45, 7) is 0. The van der Waals surface area contributed by atoms with Crippen molar-refractivity contribution in [3.8, 4) is 11.6 Å². The Morgan fingerprint density at radius 3 is 2.59 bits per heavy atom. The third kappa shape index (κ3) is 4.01. The van der Waals surface area contributed by atoms with E-state index >= 15 is 0 Å². The smallest absolute Gasteiger partial charge is 0.439 e. The van der Waals surface area contributed by atoms with E-state index < -0.39 is 12.1 Å². The van der Waals surface area contributed by atoms with Gasteiger partial charge in [0.15, 0.2) is 0 Å². The molecule has 5 nitrogen and oxygen atoms in total. The van der Waals surface area contributed by atoms with E-state index in [0.717, 1.165) is 6.07 Å². The predicted molar refractivity (Wildman–Crippen MR) is 74.9 cm³/mol. The van der Waals surface area contributed by atoms with Crippen molar-refractivity contribution in [1.29, 1.82) is 0 Å². The molecule has 0 fully saturated rings. The van der Waals surface area contributed by atoms with E-state index in [1.54, 1.807) is 11.4 Å². The van der Waals surface area contributed by atoms with Crippen molar-refractivity contribution in [3.05, 3.63) is 41.6 Å². The zero-order valence-electron chi connectivity index (χ0n) is 10.8. The Bertz CT molecular complexity index is 690. The van der Waals surface area contributed by atoms with Crippen molar-refractivity contribution in [1.82, 2.24) is 4.98 Å². The van der Waals surface area contributed by atoms with Gasteiger partial charge in [0.25, 0.3) is 0 Å². The topological polar surface area (TPSA) is 77.2 Å². The average Bonchev–Trinajstić information content (AvgIpc) is 2.44. The SMILES string of the molecule is Nc1ccc(Oc2ccc(Cl)c(NC(=O)C(F)(F)F)c2)nc1. The van der Waals surface area contributed by atoms with Crippen LogP contribution in [0.3, 0.4) is 0 Å². The van der Waals surface area contributed by atoms with Gasteiger partial charge in [0.2, 0.25) is 5.88 Å². The van der Waals surface area contributed by atoms with Crippen LogP contribution < -0.4 is 15.8 Å². The Morgan fingerprint density at radius 2 is 2.00 bits per heavy atom. The molecule has 0 saturated carbocycles. The minimum absolute atomic E-state index is 0.0600. The van der Waals surface area contributed by atoms with Gasteiger partial charge >= 0.3 is 12.1 Å². The van der Waals surface area contributed by atoms with E-state index in [-0.39, 0.29) is 22.3 Å². The number of carbonyl (C=O) groups excluding carboxylic acids is 1. The third-order valence-electron chi connectivity index (χ3n) is 2.43. The van der Waals surface area contributed by atoms with Gasteiger partial charge < -0.3 is 15.8 Å². The fourth-order valence-corrected chi connectivity index (χ4v) is 1.59. The van der Waals surface area contributed by atoms with Crippen LogP contribution in [0.25, 0.3) is 0 Å². The number of nitrogens with zero attached hydrogens (tertiary/aromatic N) is 1. The first-order chi connectivity index (χ1) is 10.3. The molecular formula is C13H9ClF3N3O2. The van der Waals surface area contributed by atoms with Crippen LogP contribution in [0.15, 0.2) is 36.5 Å². The largest absolute Gasteiger partial charge is 0.471 e. The Hall–Kier alpha value is -2.48. The molecule has 1 amide bonds. The molecule has 0 radical (unpaired) electrons. The van der Waals surface area contributed by atoms with Gasteiger partial charge in [-0.05, 0) is 18.2 Å². The summed E-state index contributed by atoms with van der Waals surface area (Å²) in [5, 5.41) is 1.61. The number of rotatable bonds is 3. The summed E-state index contributed by atoms with van der Waals surface area (Å²) in [5.41, 5.74) is 5.68. The standard InChI is InChI=1S/C13H9ClF3N3O2/c14-9-3-2-8(22-11-4-1-7(18)6-19-11)5-10(9)20-12(21)13(15,16)17/h1-6H,18H2,(H,20,21). The maximum absolute atomic E-state index is 12.2. The summed E-state index contributed by atoms with van der Waals surface area (Å²) in [6, 6.07) is 6.90. The number of alkyl halides is 3. The average molecular weight is 332 g/mol. The predicted octanol–water partition coefficient (Wildman–Crippen LogP) is 3.61. The Kier molecular flexibility index (Phi) is 4.41. The van der Waals surface area contributed by atoms with Gasteiger partial charge in [-0.2, -0.15) is 13.2 Å². The highest BCUT2D eigenvalue weighted by Gasteiger charge is 2.39. The lowest BCUT2D eigenvalue weighted by Gasteiger charge is -2.11. The Morgan fingerprint density at radius 1 is 1.27 bits per heavy atom. The number of nitrogens with one attached hydrogen (secondary N) is 1. The van der Waals surface area contributed by atoms with E-state index in [2.05, 4.69) is 4.98 Å². The first-order valence-electron chi connectivity index (χ1n) is 5.83. The quantitative estimate of drug-likeness (QED) is 0.900. The van der Waals surface area contributed by atoms with E-state index in [0.29, 0.717) is 5.69 Å². The van der Waals surface area contributed by atoms with Crippen LogP contribution in [0, 0.1) is 0 Å². The number of benzene rings is 1. The lowest BCUT2D eigenvalue weighted by molar-refractivity contribution is -0.167. The monoisotopic (exact) mass is 331 g/mol. The molecule has 0 bridgehead atoms. The first kappa shape index (κ1) is 15.9. The van der Waals surface area contributed by atoms with Gasteiger partial charge in [-0.3, -0.25) is 4.79 Å². The molecule has 0 unspecified atom stereocenters. The van der Waals surface area contributed by atoms with Gasteiger partial charge in [0.05, 0.1) is 22.6 Å².